The highest BCUT2D eigenvalue weighted by Gasteiger charge is 2.15. The van der Waals surface area contributed by atoms with Gasteiger partial charge in [-0.15, -0.1) is 12.4 Å². The van der Waals surface area contributed by atoms with E-state index in [0.717, 1.165) is 42.7 Å². The number of carbonyl (C=O) groups is 1. The van der Waals surface area contributed by atoms with Gasteiger partial charge in [0.2, 0.25) is 5.91 Å². The van der Waals surface area contributed by atoms with Gasteiger partial charge < -0.3 is 19.8 Å². The molecule has 1 aromatic carbocycles. The molecule has 1 amide bonds. The minimum absolute atomic E-state index is 0. The Bertz CT molecular complexity index is 668. The van der Waals surface area contributed by atoms with E-state index in [1.165, 1.54) is 0 Å². The first-order valence-electron chi connectivity index (χ1n) is 8.16. The van der Waals surface area contributed by atoms with Crippen LogP contribution < -0.4 is 10.6 Å². The van der Waals surface area contributed by atoms with Crippen molar-refractivity contribution in [1.29, 1.82) is 0 Å². The average molecular weight is 354 g/mol. The van der Waals surface area contributed by atoms with E-state index in [-0.39, 0.29) is 24.4 Å². The summed E-state index contributed by atoms with van der Waals surface area (Å²) >= 11 is 0. The van der Waals surface area contributed by atoms with Gasteiger partial charge in [-0.05, 0) is 31.4 Å². The zero-order valence-corrected chi connectivity index (χ0v) is 14.7. The summed E-state index contributed by atoms with van der Waals surface area (Å²) in [6.45, 7) is 4.41. The van der Waals surface area contributed by atoms with Crippen LogP contribution >= 0.6 is 12.4 Å². The largest absolute Gasteiger partial charge is 0.441 e. The Balaban J connectivity index is 0.00000208. The van der Waals surface area contributed by atoms with E-state index in [1.807, 2.05) is 25.1 Å². The second kappa shape index (κ2) is 9.01. The Morgan fingerprint density at radius 1 is 1.42 bits per heavy atom. The number of fused-ring (bicyclic) bond motifs is 1. The monoisotopic (exact) mass is 353 g/mol. The summed E-state index contributed by atoms with van der Waals surface area (Å²) in [6.07, 6.45) is 3.03. The summed E-state index contributed by atoms with van der Waals surface area (Å²) in [5.74, 6) is 0.636. The minimum atomic E-state index is -0.0183. The first-order valence-corrected chi connectivity index (χ1v) is 8.16. The molecule has 7 heteroatoms. The molecule has 0 bridgehead atoms. The number of aromatic nitrogens is 1. The van der Waals surface area contributed by atoms with Crippen LogP contribution in [-0.4, -0.2) is 43.2 Å². The van der Waals surface area contributed by atoms with Gasteiger partial charge in [0.1, 0.15) is 5.52 Å². The maximum atomic E-state index is 11.8. The fourth-order valence-corrected chi connectivity index (χ4v) is 2.76. The van der Waals surface area contributed by atoms with Crippen molar-refractivity contribution in [3.05, 3.63) is 29.7 Å². The van der Waals surface area contributed by atoms with E-state index in [9.17, 15) is 4.79 Å². The van der Waals surface area contributed by atoms with Gasteiger partial charge in [0.05, 0.1) is 12.6 Å². The molecule has 1 saturated heterocycles. The zero-order valence-electron chi connectivity index (χ0n) is 13.8. The smallest absolute Gasteiger partial charge is 0.233 e. The highest BCUT2D eigenvalue weighted by Crippen LogP contribution is 2.18. The molecule has 2 heterocycles. The quantitative estimate of drug-likeness (QED) is 0.796. The van der Waals surface area contributed by atoms with Crippen LogP contribution in [0.5, 0.6) is 0 Å². The van der Waals surface area contributed by atoms with Crippen LogP contribution in [0.1, 0.15) is 24.3 Å². The molecule has 2 aromatic rings. The third kappa shape index (κ3) is 4.93. The summed E-state index contributed by atoms with van der Waals surface area (Å²) in [4.78, 5) is 16.2. The SMILES string of the molecule is Cc1cccc2oc(CCNC(=O)CNCC3CCCO3)nc12.Cl. The fraction of sp³-hybridized carbons (Fsp3) is 0.529. The number of amides is 1. The number of carbonyl (C=O) groups excluding carboxylic acids is 1. The maximum Gasteiger partial charge on any atom is 0.233 e. The minimum Gasteiger partial charge on any atom is -0.441 e. The molecule has 1 aliphatic rings. The molecule has 1 aliphatic heterocycles. The molecule has 0 spiro atoms. The molecule has 6 nitrogen and oxygen atoms in total. The number of halogens is 1. The first kappa shape index (κ1) is 18.7. The number of para-hydroxylation sites is 1. The van der Waals surface area contributed by atoms with E-state index in [2.05, 4.69) is 15.6 Å². The molecule has 1 aromatic heterocycles. The molecule has 3 rings (SSSR count). The van der Waals surface area contributed by atoms with Crippen LogP contribution in [0.4, 0.5) is 0 Å². The molecule has 2 N–H and O–H groups in total. The molecule has 0 aliphatic carbocycles. The molecule has 0 saturated carbocycles. The molecule has 1 atom stereocenters. The van der Waals surface area contributed by atoms with Crippen LogP contribution in [-0.2, 0) is 16.0 Å². The van der Waals surface area contributed by atoms with Gasteiger partial charge >= 0.3 is 0 Å². The van der Waals surface area contributed by atoms with Gasteiger partial charge in [-0.1, -0.05) is 12.1 Å². The maximum absolute atomic E-state index is 11.8. The predicted molar refractivity (Wildman–Crippen MR) is 94.6 cm³/mol. The van der Waals surface area contributed by atoms with Crippen LogP contribution in [0, 0.1) is 6.92 Å². The van der Waals surface area contributed by atoms with Crippen molar-refractivity contribution in [2.24, 2.45) is 0 Å². The Labute approximate surface area is 147 Å². The van der Waals surface area contributed by atoms with Crippen molar-refractivity contribution in [2.75, 3.05) is 26.2 Å². The lowest BCUT2D eigenvalue weighted by Crippen LogP contribution is -2.37. The van der Waals surface area contributed by atoms with Gasteiger partial charge in [-0.25, -0.2) is 4.98 Å². The van der Waals surface area contributed by atoms with E-state index < -0.39 is 0 Å². The van der Waals surface area contributed by atoms with Gasteiger partial charge in [0.25, 0.3) is 0 Å². The van der Waals surface area contributed by atoms with Crippen molar-refractivity contribution < 1.29 is 13.9 Å². The van der Waals surface area contributed by atoms with Crippen molar-refractivity contribution in [3.8, 4) is 0 Å². The Morgan fingerprint density at radius 2 is 2.29 bits per heavy atom. The number of nitrogens with zero attached hydrogens (tertiary/aromatic N) is 1. The number of hydrogen-bond acceptors (Lipinski definition) is 5. The average Bonchev–Trinajstić information content (AvgIpc) is 3.17. The van der Waals surface area contributed by atoms with E-state index >= 15 is 0 Å². The number of benzene rings is 1. The summed E-state index contributed by atoms with van der Waals surface area (Å²) in [7, 11) is 0. The summed E-state index contributed by atoms with van der Waals surface area (Å²) in [5, 5.41) is 6.00. The third-order valence-corrected chi connectivity index (χ3v) is 4.01. The Kier molecular flexibility index (Phi) is 7.02. The van der Waals surface area contributed by atoms with Crippen LogP contribution in [0.2, 0.25) is 0 Å². The molecule has 24 heavy (non-hydrogen) atoms. The van der Waals surface area contributed by atoms with Crippen LogP contribution in [0.3, 0.4) is 0 Å². The molecule has 0 radical (unpaired) electrons. The number of hydrogen-bond donors (Lipinski definition) is 2. The van der Waals surface area contributed by atoms with Crippen molar-refractivity contribution in [2.45, 2.75) is 32.3 Å². The van der Waals surface area contributed by atoms with Crippen molar-refractivity contribution in [1.82, 2.24) is 15.6 Å². The summed E-state index contributed by atoms with van der Waals surface area (Å²) in [6, 6.07) is 5.87. The second-order valence-corrected chi connectivity index (χ2v) is 5.90. The first-order chi connectivity index (χ1) is 11.2. The third-order valence-electron chi connectivity index (χ3n) is 4.01. The van der Waals surface area contributed by atoms with E-state index in [4.69, 9.17) is 9.15 Å². The molecule has 132 valence electrons. The topological polar surface area (TPSA) is 76.4 Å². The normalized spacial score (nSPS) is 17.0. The standard InChI is InChI=1S/C17H23N3O3.ClH/c1-12-4-2-6-14-17(12)20-16(23-14)7-8-19-15(21)11-18-10-13-5-3-9-22-13;/h2,4,6,13,18H,3,5,7-11H2,1H3,(H,19,21);1H. The summed E-state index contributed by atoms with van der Waals surface area (Å²) in [5.41, 5.74) is 2.79. The summed E-state index contributed by atoms with van der Waals surface area (Å²) < 4.78 is 11.2. The molecule has 1 unspecified atom stereocenters. The van der Waals surface area contributed by atoms with Gasteiger partial charge in [-0.3, -0.25) is 4.79 Å². The van der Waals surface area contributed by atoms with Gasteiger partial charge in [-0.2, -0.15) is 0 Å². The molecule has 1 fully saturated rings. The van der Waals surface area contributed by atoms with E-state index in [1.54, 1.807) is 0 Å². The van der Waals surface area contributed by atoms with Crippen molar-refractivity contribution >= 4 is 29.4 Å². The lowest BCUT2D eigenvalue weighted by molar-refractivity contribution is -0.120. The van der Waals surface area contributed by atoms with Crippen LogP contribution in [0.15, 0.2) is 22.6 Å². The lowest BCUT2D eigenvalue weighted by atomic mass is 10.2. The number of ether oxygens (including phenoxy) is 1. The Morgan fingerprint density at radius 3 is 3.04 bits per heavy atom. The number of aryl methyl sites for hydroxylation is 1. The second-order valence-electron chi connectivity index (χ2n) is 5.90. The lowest BCUT2D eigenvalue weighted by Gasteiger charge is -2.10. The Hall–Kier alpha value is -1.63. The molecular formula is C17H24ClN3O3. The molecular weight excluding hydrogens is 330 g/mol. The number of rotatable bonds is 7. The highest BCUT2D eigenvalue weighted by molar-refractivity contribution is 5.85. The van der Waals surface area contributed by atoms with Crippen molar-refractivity contribution in [3.63, 3.8) is 0 Å². The van der Waals surface area contributed by atoms with Crippen LogP contribution in [0.25, 0.3) is 11.1 Å². The number of nitrogens with one attached hydrogen (secondary N) is 2. The zero-order chi connectivity index (χ0) is 16.1. The van der Waals surface area contributed by atoms with Gasteiger partial charge in [0, 0.05) is 26.1 Å². The highest BCUT2D eigenvalue weighted by atomic mass is 35.5. The fourth-order valence-electron chi connectivity index (χ4n) is 2.76. The van der Waals surface area contributed by atoms with Gasteiger partial charge in [0.15, 0.2) is 11.5 Å². The predicted octanol–water partition coefficient (Wildman–Crippen LogP) is 1.99. The van der Waals surface area contributed by atoms with E-state index in [0.29, 0.717) is 25.4 Å². The number of oxazole rings is 1.